The number of carbonyl (C=O) groups excluding carboxylic acids is 2. The lowest BCUT2D eigenvalue weighted by atomic mass is 10.2. The second-order valence-electron chi connectivity index (χ2n) is 5.53. The lowest BCUT2D eigenvalue weighted by Crippen LogP contribution is -2.18. The van der Waals surface area contributed by atoms with E-state index >= 15 is 0 Å². The Labute approximate surface area is 150 Å². The van der Waals surface area contributed by atoms with Crippen LogP contribution in [0, 0.1) is 0 Å². The topological polar surface area (TPSA) is 118 Å². The van der Waals surface area contributed by atoms with Gasteiger partial charge in [0.05, 0.1) is 18.1 Å². The highest BCUT2D eigenvalue weighted by Crippen LogP contribution is 2.12. The highest BCUT2D eigenvalue weighted by molar-refractivity contribution is 6.02. The third kappa shape index (κ3) is 5.93. The van der Waals surface area contributed by atoms with Crippen LogP contribution in [-0.4, -0.2) is 39.5 Å². The smallest absolute Gasteiger partial charge is 0.275 e. The average molecular weight is 356 g/mol. The number of amides is 2. The molecule has 0 spiro atoms. The van der Waals surface area contributed by atoms with Crippen molar-refractivity contribution in [3.8, 4) is 5.88 Å². The van der Waals surface area contributed by atoms with Crippen LogP contribution in [0.15, 0.2) is 35.9 Å². The first-order valence-electron chi connectivity index (χ1n) is 7.95. The van der Waals surface area contributed by atoms with E-state index in [1.807, 2.05) is 0 Å². The number of hydrogen-bond acceptors (Lipinski definition) is 7. The summed E-state index contributed by atoms with van der Waals surface area (Å²) in [6.07, 6.45) is 5.00. The van der Waals surface area contributed by atoms with Gasteiger partial charge in [-0.1, -0.05) is 5.16 Å². The number of pyridine rings is 1. The fraction of sp³-hybridized carbons (Fsp3) is 0.294. The highest BCUT2D eigenvalue weighted by atomic mass is 16.6. The molecule has 9 heteroatoms. The molecule has 0 aliphatic heterocycles. The molecule has 0 bridgehead atoms. The number of anilines is 1. The van der Waals surface area contributed by atoms with Crippen LogP contribution in [0.5, 0.6) is 5.88 Å². The van der Waals surface area contributed by atoms with Crippen molar-refractivity contribution in [3.05, 3.63) is 42.1 Å². The summed E-state index contributed by atoms with van der Waals surface area (Å²) >= 11 is 0. The number of nitrogens with zero attached hydrogens (tertiary/aromatic N) is 4. The predicted molar refractivity (Wildman–Crippen MR) is 96.0 cm³/mol. The first-order valence-corrected chi connectivity index (χ1v) is 7.95. The van der Waals surface area contributed by atoms with Crippen LogP contribution in [-0.2, 0) is 11.2 Å². The van der Waals surface area contributed by atoms with E-state index in [9.17, 15) is 9.59 Å². The van der Waals surface area contributed by atoms with Gasteiger partial charge in [0, 0.05) is 31.0 Å². The van der Waals surface area contributed by atoms with Crippen molar-refractivity contribution in [1.29, 1.82) is 0 Å². The summed E-state index contributed by atoms with van der Waals surface area (Å²) in [5.74, 6) is -0.285. The largest absolute Gasteiger partial charge is 0.359 e. The van der Waals surface area contributed by atoms with Crippen LogP contribution in [0.25, 0.3) is 0 Å². The fourth-order valence-corrected chi connectivity index (χ4v) is 1.87. The van der Waals surface area contributed by atoms with Crippen molar-refractivity contribution < 1.29 is 14.4 Å². The molecule has 2 N–H and O–H groups in total. The van der Waals surface area contributed by atoms with E-state index in [-0.39, 0.29) is 17.5 Å². The van der Waals surface area contributed by atoms with E-state index in [2.05, 4.69) is 30.7 Å². The zero-order valence-electron chi connectivity index (χ0n) is 14.8. The predicted octanol–water partition coefficient (Wildman–Crippen LogP) is 1.58. The molecule has 0 atom stereocenters. The Bertz CT molecular complexity index is 800. The summed E-state index contributed by atoms with van der Waals surface area (Å²) < 4.78 is 0. The zero-order chi connectivity index (χ0) is 18.9. The van der Waals surface area contributed by atoms with Crippen LogP contribution in [0.2, 0.25) is 0 Å². The van der Waals surface area contributed by atoms with Crippen LogP contribution in [0.4, 0.5) is 5.69 Å². The van der Waals surface area contributed by atoms with Crippen molar-refractivity contribution in [3.63, 3.8) is 0 Å². The molecule has 0 radical (unpaired) electrons. The first-order chi connectivity index (χ1) is 12.5. The van der Waals surface area contributed by atoms with Crippen LogP contribution < -0.4 is 15.5 Å². The van der Waals surface area contributed by atoms with Gasteiger partial charge >= 0.3 is 0 Å². The summed E-state index contributed by atoms with van der Waals surface area (Å²) in [6.45, 7) is 3.57. The lowest BCUT2D eigenvalue weighted by Gasteiger charge is -2.07. The van der Waals surface area contributed by atoms with Crippen LogP contribution in [0.1, 0.15) is 36.5 Å². The summed E-state index contributed by atoms with van der Waals surface area (Å²) in [5.41, 5.74) is 2.14. The van der Waals surface area contributed by atoms with Gasteiger partial charge in [0.2, 0.25) is 5.91 Å². The number of hydrogen-bond donors (Lipinski definition) is 2. The summed E-state index contributed by atoms with van der Waals surface area (Å²) in [4.78, 5) is 40.8. The van der Waals surface area contributed by atoms with E-state index in [1.165, 1.54) is 12.4 Å². The van der Waals surface area contributed by atoms with Gasteiger partial charge in [-0.05, 0) is 32.4 Å². The van der Waals surface area contributed by atoms with Crippen molar-refractivity contribution >= 4 is 23.2 Å². The van der Waals surface area contributed by atoms with E-state index < -0.39 is 5.91 Å². The number of oxime groups is 1. The molecular formula is C17H20N6O3. The number of carbonyl (C=O) groups is 2. The Morgan fingerprint density at radius 1 is 1.19 bits per heavy atom. The van der Waals surface area contributed by atoms with Crippen molar-refractivity contribution in [2.45, 2.75) is 26.7 Å². The quantitative estimate of drug-likeness (QED) is 0.574. The molecule has 0 saturated carbocycles. The Kier molecular flexibility index (Phi) is 6.72. The molecule has 0 aromatic carbocycles. The van der Waals surface area contributed by atoms with Crippen LogP contribution >= 0.6 is 0 Å². The molecule has 9 nitrogen and oxygen atoms in total. The number of aryl methyl sites for hydroxylation is 1. The van der Waals surface area contributed by atoms with E-state index in [0.29, 0.717) is 24.2 Å². The summed E-state index contributed by atoms with van der Waals surface area (Å²) in [6, 6.07) is 3.37. The normalized spacial score (nSPS) is 9.96. The van der Waals surface area contributed by atoms with Gasteiger partial charge < -0.3 is 15.5 Å². The van der Waals surface area contributed by atoms with Gasteiger partial charge in [-0.15, -0.1) is 0 Å². The van der Waals surface area contributed by atoms with Gasteiger partial charge in [0.25, 0.3) is 11.8 Å². The molecule has 26 heavy (non-hydrogen) atoms. The molecule has 136 valence electrons. The molecule has 0 fully saturated rings. The Morgan fingerprint density at radius 3 is 2.65 bits per heavy atom. The molecule has 0 unspecified atom stereocenters. The van der Waals surface area contributed by atoms with Gasteiger partial charge in [0.1, 0.15) is 5.69 Å². The first kappa shape index (κ1) is 19.0. The second-order valence-corrected chi connectivity index (χ2v) is 5.53. The van der Waals surface area contributed by atoms with E-state index in [0.717, 1.165) is 5.71 Å². The maximum atomic E-state index is 12.2. The number of rotatable bonds is 7. The maximum Gasteiger partial charge on any atom is 0.275 e. The molecule has 2 amide bonds. The molecule has 2 aromatic rings. The number of nitrogens with one attached hydrogen (secondary N) is 2. The van der Waals surface area contributed by atoms with Crippen molar-refractivity contribution in [1.82, 2.24) is 20.3 Å². The average Bonchev–Trinajstić information content (AvgIpc) is 2.65. The van der Waals surface area contributed by atoms with Gasteiger partial charge in [-0.3, -0.25) is 14.6 Å². The minimum absolute atomic E-state index is 0.0681. The van der Waals surface area contributed by atoms with Gasteiger partial charge in [0.15, 0.2) is 0 Å². The summed E-state index contributed by atoms with van der Waals surface area (Å²) in [7, 11) is 1.58. The minimum Gasteiger partial charge on any atom is -0.359 e. The fourth-order valence-electron chi connectivity index (χ4n) is 1.87. The SMILES string of the molecule is CNC(=O)CCc1cc(NC(=O)c2cnc(ON=C(C)C)cn2)ccn1. The standard InChI is InChI=1S/C17H20N6O3/c1-11(2)23-26-16-10-20-14(9-21-16)17(25)22-13-6-7-19-12(8-13)4-5-15(24)18-3/h6-10H,4-5H2,1-3H3,(H,18,24)(H,19,22,25). The minimum atomic E-state index is -0.414. The molecule has 0 aliphatic carbocycles. The molecule has 0 aliphatic rings. The van der Waals surface area contributed by atoms with Gasteiger partial charge in [-0.2, -0.15) is 0 Å². The summed E-state index contributed by atoms with van der Waals surface area (Å²) in [5, 5.41) is 9.03. The third-order valence-electron chi connectivity index (χ3n) is 3.14. The van der Waals surface area contributed by atoms with Crippen molar-refractivity contribution in [2.75, 3.05) is 12.4 Å². The maximum absolute atomic E-state index is 12.2. The molecule has 2 aromatic heterocycles. The number of aromatic nitrogens is 3. The Balaban J connectivity index is 1.98. The Morgan fingerprint density at radius 2 is 2.00 bits per heavy atom. The lowest BCUT2D eigenvalue weighted by molar-refractivity contribution is -0.120. The second kappa shape index (κ2) is 9.21. The highest BCUT2D eigenvalue weighted by Gasteiger charge is 2.10. The zero-order valence-corrected chi connectivity index (χ0v) is 14.8. The monoisotopic (exact) mass is 356 g/mol. The van der Waals surface area contributed by atoms with Gasteiger partial charge in [-0.25, -0.2) is 9.97 Å². The Hall–Kier alpha value is -3.36. The van der Waals surface area contributed by atoms with Crippen molar-refractivity contribution in [2.24, 2.45) is 5.16 Å². The molecule has 0 saturated heterocycles. The van der Waals surface area contributed by atoms with E-state index in [4.69, 9.17) is 4.84 Å². The molecule has 2 heterocycles. The third-order valence-corrected chi connectivity index (χ3v) is 3.14. The molecule has 2 rings (SSSR count). The molecular weight excluding hydrogens is 336 g/mol. The van der Waals surface area contributed by atoms with E-state index in [1.54, 1.807) is 39.2 Å². The van der Waals surface area contributed by atoms with Crippen LogP contribution in [0.3, 0.4) is 0 Å².